The van der Waals surface area contributed by atoms with Crippen LogP contribution < -0.4 is 0 Å². The van der Waals surface area contributed by atoms with Gasteiger partial charge in [0.25, 0.3) is 0 Å². The largest absolute Gasteiger partial charge is 0.460 e. The first kappa shape index (κ1) is 15.1. The number of carbonyl (C=O) groups is 1. The Hall–Kier alpha value is -0.920. The molecular formula is C9H17NO5S. The van der Waals surface area contributed by atoms with Gasteiger partial charge in [-0.05, 0) is 6.92 Å². The number of esters is 1. The fourth-order valence-corrected chi connectivity index (χ4v) is 1.22. The normalized spacial score (nSPS) is 13.6. The summed E-state index contributed by atoms with van der Waals surface area (Å²) in [4.78, 5) is 11.0. The van der Waals surface area contributed by atoms with Crippen LogP contribution in [0.25, 0.3) is 0 Å². The van der Waals surface area contributed by atoms with E-state index in [-0.39, 0.29) is 18.7 Å². The van der Waals surface area contributed by atoms with Gasteiger partial charge < -0.3 is 9.84 Å². The number of nitrogens with zero attached hydrogens (tertiary/aromatic N) is 1. The molecule has 7 heteroatoms. The molecule has 0 bridgehead atoms. The fraction of sp³-hybridized carbons (Fsp3) is 0.667. The molecule has 1 atom stereocenters. The molecule has 0 spiro atoms. The van der Waals surface area contributed by atoms with E-state index >= 15 is 0 Å². The highest BCUT2D eigenvalue weighted by molar-refractivity contribution is 7.88. The van der Waals surface area contributed by atoms with Gasteiger partial charge in [0, 0.05) is 19.2 Å². The van der Waals surface area contributed by atoms with Gasteiger partial charge in [-0.25, -0.2) is 17.5 Å². The van der Waals surface area contributed by atoms with Crippen molar-refractivity contribution in [3.63, 3.8) is 0 Å². The lowest BCUT2D eigenvalue weighted by Gasteiger charge is -2.18. The van der Waals surface area contributed by atoms with E-state index in [1.165, 1.54) is 14.0 Å². The van der Waals surface area contributed by atoms with Gasteiger partial charge in [0.15, 0.2) is 0 Å². The maximum absolute atomic E-state index is 11.0. The number of carbonyl (C=O) groups excluding carboxylic acids is 1. The Labute approximate surface area is 95.6 Å². The van der Waals surface area contributed by atoms with Crippen LogP contribution in [-0.4, -0.2) is 56.4 Å². The average Bonchev–Trinajstić information content (AvgIpc) is 2.12. The van der Waals surface area contributed by atoms with Gasteiger partial charge in [-0.1, -0.05) is 6.58 Å². The molecule has 0 aliphatic heterocycles. The number of aliphatic hydroxyl groups excluding tert-OH is 1. The molecule has 16 heavy (non-hydrogen) atoms. The second-order valence-electron chi connectivity index (χ2n) is 3.58. The lowest BCUT2D eigenvalue weighted by Crippen LogP contribution is -2.36. The summed E-state index contributed by atoms with van der Waals surface area (Å²) in [6, 6.07) is 0. The molecule has 0 aliphatic carbocycles. The van der Waals surface area contributed by atoms with Gasteiger partial charge in [0.1, 0.15) is 12.7 Å². The van der Waals surface area contributed by atoms with Crippen molar-refractivity contribution in [1.29, 1.82) is 0 Å². The van der Waals surface area contributed by atoms with Crippen molar-refractivity contribution < 1.29 is 23.1 Å². The molecule has 0 saturated heterocycles. The van der Waals surface area contributed by atoms with Crippen LogP contribution in [0, 0.1) is 0 Å². The van der Waals surface area contributed by atoms with E-state index in [0.29, 0.717) is 0 Å². The van der Waals surface area contributed by atoms with Crippen molar-refractivity contribution in [2.75, 3.05) is 26.5 Å². The smallest absolute Gasteiger partial charge is 0.333 e. The van der Waals surface area contributed by atoms with Gasteiger partial charge in [-0.15, -0.1) is 0 Å². The number of hydrogen-bond acceptors (Lipinski definition) is 5. The summed E-state index contributed by atoms with van der Waals surface area (Å²) in [5.41, 5.74) is 0.226. The summed E-state index contributed by atoms with van der Waals surface area (Å²) in [6.45, 7) is 4.47. The zero-order valence-corrected chi connectivity index (χ0v) is 10.5. The van der Waals surface area contributed by atoms with Crippen LogP contribution in [0.3, 0.4) is 0 Å². The molecular weight excluding hydrogens is 234 g/mol. The zero-order chi connectivity index (χ0) is 12.9. The Morgan fingerprint density at radius 1 is 1.56 bits per heavy atom. The Morgan fingerprint density at radius 2 is 2.06 bits per heavy atom. The first-order chi connectivity index (χ1) is 7.14. The van der Waals surface area contributed by atoms with Crippen molar-refractivity contribution in [1.82, 2.24) is 4.31 Å². The minimum atomic E-state index is -3.34. The number of sulfonamides is 1. The third-order valence-electron chi connectivity index (χ3n) is 1.79. The number of likely N-dealkylation sites (N-methyl/N-ethyl adjacent to an activating group) is 1. The molecule has 0 aliphatic rings. The fourth-order valence-electron chi connectivity index (χ4n) is 0.780. The molecule has 1 N–H and O–H groups in total. The Balaban J connectivity index is 4.06. The van der Waals surface area contributed by atoms with Gasteiger partial charge in [0.05, 0.1) is 6.26 Å². The summed E-state index contributed by atoms with van der Waals surface area (Å²) in [7, 11) is -2.01. The van der Waals surface area contributed by atoms with Crippen LogP contribution in [0.15, 0.2) is 12.2 Å². The Kier molecular flexibility index (Phi) is 5.63. The van der Waals surface area contributed by atoms with E-state index in [0.717, 1.165) is 10.6 Å². The van der Waals surface area contributed by atoms with Crippen LogP contribution in [0.2, 0.25) is 0 Å². The predicted octanol–water partition coefficient (Wildman–Crippen LogP) is -0.642. The maximum atomic E-state index is 11.0. The molecule has 0 amide bonds. The van der Waals surface area contributed by atoms with E-state index < -0.39 is 22.1 Å². The number of aliphatic hydroxyl groups is 1. The average molecular weight is 251 g/mol. The lowest BCUT2D eigenvalue weighted by molar-refractivity contribution is -0.141. The monoisotopic (exact) mass is 251 g/mol. The van der Waals surface area contributed by atoms with Crippen molar-refractivity contribution in [3.05, 3.63) is 12.2 Å². The molecule has 0 radical (unpaired) electrons. The van der Waals surface area contributed by atoms with E-state index in [1.807, 2.05) is 0 Å². The number of rotatable bonds is 6. The quantitative estimate of drug-likeness (QED) is 0.501. The van der Waals surface area contributed by atoms with Crippen LogP contribution in [-0.2, 0) is 19.6 Å². The lowest BCUT2D eigenvalue weighted by atomic mass is 10.3. The summed E-state index contributed by atoms with van der Waals surface area (Å²) in [6.07, 6.45) is -0.0254. The molecule has 6 nitrogen and oxygen atoms in total. The SMILES string of the molecule is C=C(C)C(=O)OCC(O)CN(C)S(C)(=O)=O. The predicted molar refractivity (Wildman–Crippen MR) is 59.3 cm³/mol. The molecule has 0 fully saturated rings. The number of hydrogen-bond donors (Lipinski definition) is 1. The van der Waals surface area contributed by atoms with Gasteiger partial charge >= 0.3 is 5.97 Å². The highest BCUT2D eigenvalue weighted by Gasteiger charge is 2.17. The van der Waals surface area contributed by atoms with E-state index in [1.54, 1.807) is 0 Å². The molecule has 1 unspecified atom stereocenters. The third-order valence-corrected chi connectivity index (χ3v) is 3.07. The Morgan fingerprint density at radius 3 is 2.44 bits per heavy atom. The summed E-state index contributed by atoms with van der Waals surface area (Å²) >= 11 is 0. The first-order valence-electron chi connectivity index (χ1n) is 4.56. The van der Waals surface area contributed by atoms with E-state index in [2.05, 4.69) is 11.3 Å². The highest BCUT2D eigenvalue weighted by atomic mass is 32.2. The van der Waals surface area contributed by atoms with E-state index in [4.69, 9.17) is 0 Å². The maximum Gasteiger partial charge on any atom is 0.333 e. The standard InChI is InChI=1S/C9H17NO5S/c1-7(2)9(12)15-6-8(11)5-10(3)16(4,13)14/h8,11H,1,5-6H2,2-4H3. The summed E-state index contributed by atoms with van der Waals surface area (Å²) in [5, 5.41) is 9.40. The summed E-state index contributed by atoms with van der Waals surface area (Å²) in [5.74, 6) is -0.610. The minimum Gasteiger partial charge on any atom is -0.460 e. The van der Waals surface area contributed by atoms with Crippen LogP contribution in [0.4, 0.5) is 0 Å². The van der Waals surface area contributed by atoms with Crippen LogP contribution in [0.1, 0.15) is 6.92 Å². The number of ether oxygens (including phenoxy) is 1. The second kappa shape index (κ2) is 5.97. The van der Waals surface area contributed by atoms with Crippen molar-refractivity contribution >= 4 is 16.0 Å². The minimum absolute atomic E-state index is 0.123. The van der Waals surface area contributed by atoms with Crippen molar-refractivity contribution in [3.8, 4) is 0 Å². The van der Waals surface area contributed by atoms with Crippen LogP contribution in [0.5, 0.6) is 0 Å². The third kappa shape index (κ3) is 5.84. The molecule has 94 valence electrons. The van der Waals surface area contributed by atoms with Gasteiger partial charge in [0.2, 0.25) is 10.0 Å². The van der Waals surface area contributed by atoms with E-state index in [9.17, 15) is 18.3 Å². The highest BCUT2D eigenvalue weighted by Crippen LogP contribution is 1.98. The van der Waals surface area contributed by atoms with Gasteiger partial charge in [-0.2, -0.15) is 0 Å². The van der Waals surface area contributed by atoms with Gasteiger partial charge in [-0.3, -0.25) is 0 Å². The molecule has 0 heterocycles. The second-order valence-corrected chi connectivity index (χ2v) is 5.67. The topological polar surface area (TPSA) is 83.9 Å². The van der Waals surface area contributed by atoms with Crippen LogP contribution >= 0.6 is 0 Å². The molecule has 0 aromatic carbocycles. The summed E-state index contributed by atoms with van der Waals surface area (Å²) < 4.78 is 27.7. The zero-order valence-electron chi connectivity index (χ0n) is 9.63. The molecule has 0 saturated carbocycles. The van der Waals surface area contributed by atoms with Crippen molar-refractivity contribution in [2.24, 2.45) is 0 Å². The first-order valence-corrected chi connectivity index (χ1v) is 6.41. The Bertz CT molecular complexity index is 362. The molecule has 0 aromatic rings. The van der Waals surface area contributed by atoms with Crippen molar-refractivity contribution in [2.45, 2.75) is 13.0 Å². The molecule has 0 rings (SSSR count). The molecule has 0 aromatic heterocycles.